The fraction of sp³-hybridized carbons (Fsp3) is 0.0833. The molecular formula is C12H12ClN3O2S. The Hall–Kier alpha value is -1.79. The van der Waals surface area contributed by atoms with Crippen LogP contribution in [0.4, 0.5) is 5.82 Å². The van der Waals surface area contributed by atoms with Crippen LogP contribution in [0.2, 0.25) is 0 Å². The molecule has 0 aliphatic rings. The molecule has 0 spiro atoms. The minimum Gasteiger partial charge on any atom is -0.384 e. The van der Waals surface area contributed by atoms with Gasteiger partial charge in [-0.3, -0.25) is 5.41 Å². The summed E-state index contributed by atoms with van der Waals surface area (Å²) in [5, 5.41) is 7.01. The molecule has 0 aliphatic carbocycles. The van der Waals surface area contributed by atoms with Gasteiger partial charge in [-0.15, -0.1) is 0 Å². The third-order valence-corrected chi connectivity index (χ3v) is 4.61. The van der Waals surface area contributed by atoms with Gasteiger partial charge in [0, 0.05) is 6.20 Å². The summed E-state index contributed by atoms with van der Waals surface area (Å²) >= 11 is 5.53. The van der Waals surface area contributed by atoms with Crippen LogP contribution in [0.5, 0.6) is 0 Å². The number of nitrogens with one attached hydrogen (secondary N) is 1. The van der Waals surface area contributed by atoms with Crippen LogP contribution >= 0.6 is 11.6 Å². The third-order valence-electron chi connectivity index (χ3n) is 2.70. The molecule has 2 rings (SSSR count). The fourth-order valence-electron chi connectivity index (χ4n) is 1.65. The van der Waals surface area contributed by atoms with Crippen LogP contribution in [0, 0.1) is 12.3 Å². The number of anilines is 1. The van der Waals surface area contributed by atoms with Crippen molar-refractivity contribution in [3.8, 4) is 0 Å². The lowest BCUT2D eigenvalue weighted by molar-refractivity contribution is 0.588. The number of hydrogen-bond donors (Lipinski definition) is 2. The summed E-state index contributed by atoms with van der Waals surface area (Å²) in [6.07, 6.45) is 1.29. The van der Waals surface area contributed by atoms with Gasteiger partial charge in [0.15, 0.2) is 0 Å². The van der Waals surface area contributed by atoms with Crippen molar-refractivity contribution in [2.24, 2.45) is 0 Å². The van der Waals surface area contributed by atoms with Crippen molar-refractivity contribution in [1.82, 2.24) is 3.97 Å². The predicted octanol–water partition coefficient (Wildman–Crippen LogP) is 2.18. The number of nitrogens with zero attached hydrogens (tertiary/aromatic N) is 1. The third kappa shape index (κ3) is 2.36. The van der Waals surface area contributed by atoms with E-state index in [1.807, 2.05) is 6.92 Å². The van der Waals surface area contributed by atoms with Crippen LogP contribution in [-0.4, -0.2) is 17.6 Å². The van der Waals surface area contributed by atoms with Crippen LogP contribution in [-0.2, 0) is 10.0 Å². The smallest absolute Gasteiger partial charge is 0.269 e. The van der Waals surface area contributed by atoms with Crippen LogP contribution in [0.3, 0.4) is 0 Å². The van der Waals surface area contributed by atoms with Gasteiger partial charge in [0.25, 0.3) is 10.0 Å². The van der Waals surface area contributed by atoms with E-state index in [9.17, 15) is 8.42 Å². The largest absolute Gasteiger partial charge is 0.384 e. The second-order valence-electron chi connectivity index (χ2n) is 4.04. The van der Waals surface area contributed by atoms with E-state index in [0.717, 1.165) is 9.54 Å². The molecule has 1 heterocycles. The van der Waals surface area contributed by atoms with Crippen molar-refractivity contribution < 1.29 is 8.42 Å². The number of halogens is 1. The molecule has 1 aromatic carbocycles. The van der Waals surface area contributed by atoms with Crippen LogP contribution in [0.15, 0.2) is 41.4 Å². The highest BCUT2D eigenvalue weighted by Gasteiger charge is 2.21. The summed E-state index contributed by atoms with van der Waals surface area (Å²) in [6, 6.07) is 7.83. The second kappa shape index (κ2) is 4.71. The zero-order chi connectivity index (χ0) is 14.2. The first kappa shape index (κ1) is 13.6. The van der Waals surface area contributed by atoms with Gasteiger partial charge in [0.1, 0.15) is 11.0 Å². The van der Waals surface area contributed by atoms with Crippen LogP contribution in [0.1, 0.15) is 11.1 Å². The SMILES string of the molecule is Cc1ccc(S(=O)(=O)n2ccc(C(=N)Cl)c2N)cc1. The lowest BCUT2D eigenvalue weighted by Crippen LogP contribution is -2.15. The highest BCUT2D eigenvalue weighted by molar-refractivity contribution is 7.90. The average molecular weight is 298 g/mol. The molecule has 0 saturated carbocycles. The molecule has 3 N–H and O–H groups in total. The van der Waals surface area contributed by atoms with E-state index in [1.54, 1.807) is 12.1 Å². The van der Waals surface area contributed by atoms with E-state index in [1.165, 1.54) is 24.4 Å². The highest BCUT2D eigenvalue weighted by atomic mass is 35.5. The van der Waals surface area contributed by atoms with Crippen LogP contribution in [0.25, 0.3) is 0 Å². The lowest BCUT2D eigenvalue weighted by atomic mass is 10.2. The Kier molecular flexibility index (Phi) is 3.38. The minimum absolute atomic E-state index is 0.0689. The predicted molar refractivity (Wildman–Crippen MR) is 75.3 cm³/mol. The maximum atomic E-state index is 12.4. The maximum Gasteiger partial charge on any atom is 0.269 e. The maximum absolute atomic E-state index is 12.4. The monoisotopic (exact) mass is 297 g/mol. The molecular weight excluding hydrogens is 286 g/mol. The number of nitrogens with two attached hydrogens (primary N) is 1. The topological polar surface area (TPSA) is 88.9 Å². The highest BCUT2D eigenvalue weighted by Crippen LogP contribution is 2.22. The summed E-state index contributed by atoms with van der Waals surface area (Å²) in [5.74, 6) is -0.0689. The Morgan fingerprint density at radius 3 is 2.32 bits per heavy atom. The van der Waals surface area contributed by atoms with Gasteiger partial charge in [0.2, 0.25) is 0 Å². The molecule has 0 radical (unpaired) electrons. The summed E-state index contributed by atoms with van der Waals surface area (Å²) in [4.78, 5) is 0.132. The number of nitrogen functional groups attached to an aromatic ring is 1. The molecule has 0 bridgehead atoms. The number of aromatic nitrogens is 1. The normalized spacial score (nSPS) is 11.5. The zero-order valence-electron chi connectivity index (χ0n) is 10.1. The zero-order valence-corrected chi connectivity index (χ0v) is 11.7. The number of benzene rings is 1. The summed E-state index contributed by atoms with van der Waals surface area (Å²) in [7, 11) is -3.76. The van der Waals surface area contributed by atoms with Crippen molar-refractivity contribution in [2.45, 2.75) is 11.8 Å². The van der Waals surface area contributed by atoms with Gasteiger partial charge in [-0.05, 0) is 25.1 Å². The van der Waals surface area contributed by atoms with E-state index >= 15 is 0 Å². The second-order valence-corrected chi connectivity index (χ2v) is 6.24. The average Bonchev–Trinajstić information content (AvgIpc) is 2.72. The van der Waals surface area contributed by atoms with Gasteiger partial charge in [-0.25, -0.2) is 12.4 Å². The summed E-state index contributed by atoms with van der Waals surface area (Å²) in [5.41, 5.74) is 6.87. The van der Waals surface area contributed by atoms with Crippen molar-refractivity contribution in [3.05, 3.63) is 47.7 Å². The Morgan fingerprint density at radius 1 is 1.26 bits per heavy atom. The van der Waals surface area contributed by atoms with Gasteiger partial charge >= 0.3 is 0 Å². The van der Waals surface area contributed by atoms with Crippen molar-refractivity contribution in [3.63, 3.8) is 0 Å². The van der Waals surface area contributed by atoms with E-state index in [2.05, 4.69) is 0 Å². The van der Waals surface area contributed by atoms with Crippen LogP contribution < -0.4 is 5.73 Å². The summed E-state index contributed by atoms with van der Waals surface area (Å²) < 4.78 is 25.7. The Balaban J connectivity index is 2.57. The molecule has 5 nitrogen and oxygen atoms in total. The van der Waals surface area contributed by atoms with Crippen molar-refractivity contribution in [1.29, 1.82) is 5.41 Å². The first-order chi connectivity index (χ1) is 8.84. The first-order valence-corrected chi connectivity index (χ1v) is 7.19. The number of aryl methyl sites for hydroxylation is 1. The first-order valence-electron chi connectivity index (χ1n) is 5.37. The molecule has 0 atom stereocenters. The standard InChI is InChI=1S/C12H12ClN3O2S/c1-8-2-4-9(5-3-8)19(17,18)16-7-6-10(11(13)14)12(16)15/h2-7,14H,15H2,1H3. The molecule has 7 heteroatoms. The van der Waals surface area contributed by atoms with Crippen molar-refractivity contribution in [2.75, 3.05) is 5.73 Å². The van der Waals surface area contributed by atoms with Crippen molar-refractivity contribution >= 4 is 32.6 Å². The molecule has 0 unspecified atom stereocenters. The molecule has 0 saturated heterocycles. The summed E-state index contributed by atoms with van der Waals surface area (Å²) in [6.45, 7) is 1.87. The number of hydrogen-bond acceptors (Lipinski definition) is 4. The molecule has 0 fully saturated rings. The molecule has 100 valence electrons. The Morgan fingerprint density at radius 2 is 1.84 bits per heavy atom. The van der Waals surface area contributed by atoms with Gasteiger partial charge in [-0.1, -0.05) is 29.3 Å². The lowest BCUT2D eigenvalue weighted by Gasteiger charge is -2.08. The molecule has 2 aromatic rings. The molecule has 1 aromatic heterocycles. The van der Waals surface area contributed by atoms with Gasteiger partial charge in [0.05, 0.1) is 10.5 Å². The van der Waals surface area contributed by atoms with Gasteiger partial charge in [-0.2, -0.15) is 0 Å². The fourth-order valence-corrected chi connectivity index (χ4v) is 3.09. The van der Waals surface area contributed by atoms with E-state index < -0.39 is 10.0 Å². The Bertz CT molecular complexity index is 733. The quantitative estimate of drug-likeness (QED) is 0.851. The van der Waals surface area contributed by atoms with E-state index in [-0.39, 0.29) is 21.4 Å². The molecule has 0 amide bonds. The molecule has 0 aliphatic heterocycles. The van der Waals surface area contributed by atoms with Gasteiger partial charge < -0.3 is 5.73 Å². The molecule has 19 heavy (non-hydrogen) atoms. The Labute approximate surface area is 116 Å². The van der Waals surface area contributed by atoms with E-state index in [4.69, 9.17) is 22.7 Å². The van der Waals surface area contributed by atoms with E-state index in [0.29, 0.717) is 0 Å². The minimum atomic E-state index is -3.76. The number of rotatable bonds is 3.